The quantitative estimate of drug-likeness (QED) is 0.356. The second-order valence-electron chi connectivity index (χ2n) is 5.24. The third-order valence-corrected chi connectivity index (χ3v) is 3.65. The van der Waals surface area contributed by atoms with Crippen LogP contribution >= 0.6 is 11.6 Å². The summed E-state index contributed by atoms with van der Waals surface area (Å²) in [5.74, 6) is -1.39. The number of aliphatic hydroxyl groups excluding tert-OH is 1. The normalized spacial score (nSPS) is 10.1. The summed E-state index contributed by atoms with van der Waals surface area (Å²) in [5, 5.41) is 24.9. The van der Waals surface area contributed by atoms with Gasteiger partial charge in [-0.25, -0.2) is 4.79 Å². The van der Waals surface area contributed by atoms with Gasteiger partial charge in [0, 0.05) is 24.0 Å². The van der Waals surface area contributed by atoms with Crippen LogP contribution < -0.4 is 10.6 Å². The van der Waals surface area contributed by atoms with Crippen LogP contribution in [0.3, 0.4) is 0 Å². The first-order chi connectivity index (χ1) is 12.9. The molecule has 0 aliphatic heterocycles. The number of nitro benzene ring substituents is 1. The number of carbonyl (C=O) groups excluding carboxylic acids is 2. The van der Waals surface area contributed by atoms with E-state index < -0.39 is 23.4 Å². The molecule has 142 valence electrons. The number of nitrogens with zero attached hydrogens (tertiary/aromatic N) is 1. The number of carbonyl (C=O) groups is 2. The number of benzene rings is 2. The summed E-state index contributed by atoms with van der Waals surface area (Å²) in [7, 11) is 0. The highest BCUT2D eigenvalue weighted by Crippen LogP contribution is 2.27. The molecule has 0 bridgehead atoms. The van der Waals surface area contributed by atoms with Crippen molar-refractivity contribution in [2.24, 2.45) is 0 Å². The summed E-state index contributed by atoms with van der Waals surface area (Å²) in [5.41, 5.74) is 0.471. The predicted molar refractivity (Wildman–Crippen MR) is 99.0 cm³/mol. The zero-order valence-electron chi connectivity index (χ0n) is 14.0. The van der Waals surface area contributed by atoms with E-state index in [1.165, 1.54) is 18.2 Å². The minimum atomic E-state index is -0.728. The first-order valence-electron chi connectivity index (χ1n) is 7.77. The number of ether oxygens (including phenoxy) is 1. The Morgan fingerprint density at radius 1 is 1.22 bits per heavy atom. The van der Waals surface area contributed by atoms with Crippen molar-refractivity contribution in [3.63, 3.8) is 0 Å². The Kier molecular flexibility index (Phi) is 7.09. The van der Waals surface area contributed by atoms with E-state index in [-0.39, 0.29) is 35.1 Å². The molecule has 2 aromatic rings. The molecule has 0 aromatic heterocycles. The smallest absolute Gasteiger partial charge is 0.340 e. The summed E-state index contributed by atoms with van der Waals surface area (Å²) in [6.07, 6.45) is 0. The molecule has 0 unspecified atom stereocenters. The van der Waals surface area contributed by atoms with Crippen LogP contribution in [0.4, 0.5) is 17.1 Å². The summed E-state index contributed by atoms with van der Waals surface area (Å²) >= 11 is 5.70. The van der Waals surface area contributed by atoms with E-state index in [1.807, 2.05) is 0 Å². The highest BCUT2D eigenvalue weighted by Gasteiger charge is 2.16. The minimum absolute atomic E-state index is 0.0589. The lowest BCUT2D eigenvalue weighted by Gasteiger charge is -2.11. The highest BCUT2D eigenvalue weighted by molar-refractivity contribution is 6.32. The van der Waals surface area contributed by atoms with Crippen molar-refractivity contribution in [3.8, 4) is 0 Å². The molecule has 2 rings (SSSR count). The Labute approximate surface area is 159 Å². The maximum Gasteiger partial charge on any atom is 0.340 e. The Morgan fingerprint density at radius 3 is 2.67 bits per heavy atom. The van der Waals surface area contributed by atoms with Crippen molar-refractivity contribution in [3.05, 3.63) is 63.2 Å². The average Bonchev–Trinajstić information content (AvgIpc) is 2.66. The number of esters is 1. The molecule has 0 aliphatic carbocycles. The fourth-order valence-electron chi connectivity index (χ4n) is 2.14. The number of rotatable bonds is 8. The fourth-order valence-corrected chi connectivity index (χ4v) is 2.33. The maximum atomic E-state index is 12.2. The molecular weight excluding hydrogens is 378 g/mol. The number of anilines is 2. The first kappa shape index (κ1) is 20.1. The van der Waals surface area contributed by atoms with Gasteiger partial charge < -0.3 is 20.5 Å². The summed E-state index contributed by atoms with van der Waals surface area (Å²) in [6, 6.07) is 10.3. The van der Waals surface area contributed by atoms with Crippen LogP contribution in [-0.4, -0.2) is 41.7 Å². The van der Waals surface area contributed by atoms with Gasteiger partial charge in [0.1, 0.15) is 5.02 Å². The molecule has 27 heavy (non-hydrogen) atoms. The lowest BCUT2D eigenvalue weighted by Crippen LogP contribution is -2.21. The first-order valence-corrected chi connectivity index (χ1v) is 8.15. The van der Waals surface area contributed by atoms with Crippen LogP contribution in [0.2, 0.25) is 5.02 Å². The van der Waals surface area contributed by atoms with Gasteiger partial charge in [0.15, 0.2) is 6.61 Å². The van der Waals surface area contributed by atoms with Crippen LogP contribution in [0.25, 0.3) is 0 Å². The number of nitrogens with one attached hydrogen (secondary N) is 2. The van der Waals surface area contributed by atoms with Crippen molar-refractivity contribution in [2.45, 2.75) is 0 Å². The van der Waals surface area contributed by atoms with Crippen LogP contribution in [0, 0.1) is 10.1 Å². The second-order valence-corrected chi connectivity index (χ2v) is 5.65. The van der Waals surface area contributed by atoms with Gasteiger partial charge in [0.25, 0.3) is 11.6 Å². The zero-order valence-corrected chi connectivity index (χ0v) is 14.7. The Morgan fingerprint density at radius 2 is 1.96 bits per heavy atom. The molecule has 0 radical (unpaired) electrons. The summed E-state index contributed by atoms with van der Waals surface area (Å²) in [6.45, 7) is -0.442. The molecule has 0 heterocycles. The predicted octanol–water partition coefficient (Wildman–Crippen LogP) is 2.45. The number of halogens is 1. The van der Waals surface area contributed by atoms with Gasteiger partial charge in [0.05, 0.1) is 17.1 Å². The molecule has 0 fully saturated rings. The van der Waals surface area contributed by atoms with Gasteiger partial charge in [-0.05, 0) is 24.3 Å². The van der Waals surface area contributed by atoms with E-state index in [1.54, 1.807) is 18.2 Å². The van der Waals surface area contributed by atoms with Gasteiger partial charge in [-0.3, -0.25) is 14.9 Å². The number of amides is 1. The summed E-state index contributed by atoms with van der Waals surface area (Å²) < 4.78 is 4.97. The fraction of sp³-hybridized carbons (Fsp3) is 0.176. The second kappa shape index (κ2) is 9.51. The van der Waals surface area contributed by atoms with Crippen LogP contribution in [0.5, 0.6) is 0 Å². The molecule has 0 aliphatic rings. The summed E-state index contributed by atoms with van der Waals surface area (Å²) in [4.78, 5) is 34.3. The van der Waals surface area contributed by atoms with Crippen molar-refractivity contribution in [1.29, 1.82) is 0 Å². The van der Waals surface area contributed by atoms with E-state index in [0.29, 0.717) is 5.69 Å². The van der Waals surface area contributed by atoms with Crippen LogP contribution in [0.15, 0.2) is 42.5 Å². The molecule has 0 saturated heterocycles. The van der Waals surface area contributed by atoms with E-state index in [9.17, 15) is 19.7 Å². The molecule has 9 nitrogen and oxygen atoms in total. The van der Waals surface area contributed by atoms with Crippen LogP contribution in [-0.2, 0) is 9.53 Å². The monoisotopic (exact) mass is 393 g/mol. The molecule has 3 N–H and O–H groups in total. The molecule has 0 atom stereocenters. The lowest BCUT2D eigenvalue weighted by molar-refractivity contribution is -0.384. The van der Waals surface area contributed by atoms with Gasteiger partial charge in [-0.1, -0.05) is 23.7 Å². The lowest BCUT2D eigenvalue weighted by atomic mass is 10.2. The molecular formula is C17H16ClN3O6. The minimum Gasteiger partial charge on any atom is -0.452 e. The van der Waals surface area contributed by atoms with Crippen molar-refractivity contribution in [1.82, 2.24) is 0 Å². The molecule has 0 saturated carbocycles. The van der Waals surface area contributed by atoms with Gasteiger partial charge in [0.2, 0.25) is 0 Å². The van der Waals surface area contributed by atoms with E-state index in [0.717, 1.165) is 6.07 Å². The Bertz CT molecular complexity index is 858. The molecule has 1 amide bonds. The molecule has 2 aromatic carbocycles. The van der Waals surface area contributed by atoms with Crippen molar-refractivity contribution < 1.29 is 24.4 Å². The number of nitro groups is 1. The maximum absolute atomic E-state index is 12.2. The number of hydrogen-bond donors (Lipinski definition) is 3. The third-order valence-electron chi connectivity index (χ3n) is 3.34. The van der Waals surface area contributed by atoms with Gasteiger partial charge >= 0.3 is 5.97 Å². The van der Waals surface area contributed by atoms with E-state index in [2.05, 4.69) is 10.6 Å². The molecule has 10 heteroatoms. The van der Waals surface area contributed by atoms with Crippen molar-refractivity contribution >= 4 is 40.5 Å². The zero-order chi connectivity index (χ0) is 19.8. The largest absolute Gasteiger partial charge is 0.452 e. The van der Waals surface area contributed by atoms with Gasteiger partial charge in [-0.15, -0.1) is 0 Å². The Balaban J connectivity index is 1.97. The molecule has 0 spiro atoms. The number of hydrogen-bond acceptors (Lipinski definition) is 7. The topological polar surface area (TPSA) is 131 Å². The third kappa shape index (κ3) is 5.66. The van der Waals surface area contributed by atoms with E-state index >= 15 is 0 Å². The Hall–Kier alpha value is -3.17. The highest BCUT2D eigenvalue weighted by atomic mass is 35.5. The van der Waals surface area contributed by atoms with E-state index in [4.69, 9.17) is 21.4 Å². The number of para-hydroxylation sites is 1. The number of aliphatic hydroxyl groups is 1. The average molecular weight is 394 g/mol. The van der Waals surface area contributed by atoms with Gasteiger partial charge in [-0.2, -0.15) is 0 Å². The van der Waals surface area contributed by atoms with Crippen molar-refractivity contribution in [2.75, 3.05) is 30.4 Å². The standard InChI is InChI=1S/C17H16ClN3O6/c18-13-6-5-11(9-15(13)21(25)26)20-16(23)10-27-17(24)12-3-1-2-4-14(12)19-7-8-22/h1-6,9,19,22H,7-8,10H2,(H,20,23). The van der Waals surface area contributed by atoms with Crippen LogP contribution in [0.1, 0.15) is 10.4 Å². The SMILES string of the molecule is O=C(COC(=O)c1ccccc1NCCO)Nc1ccc(Cl)c([N+](=O)[O-])c1.